The van der Waals surface area contributed by atoms with Crippen LogP contribution in [0.25, 0.3) is 10.2 Å². The monoisotopic (exact) mass is 405 g/mol. The van der Waals surface area contributed by atoms with Crippen molar-refractivity contribution < 1.29 is 19.4 Å². The Hall–Kier alpha value is -2.85. The Morgan fingerprint density at radius 1 is 1.33 bits per heavy atom. The molecule has 0 fully saturated rings. The van der Waals surface area contributed by atoms with E-state index in [1.54, 1.807) is 24.3 Å². The highest BCUT2D eigenvalue weighted by Gasteiger charge is 2.16. The smallest absolute Gasteiger partial charge is 0.337 e. The minimum Gasteiger partial charge on any atom is -0.494 e. The van der Waals surface area contributed by atoms with Crippen LogP contribution in [0.15, 0.2) is 39.6 Å². The highest BCUT2D eigenvalue weighted by atomic mass is 32.2. The van der Waals surface area contributed by atoms with E-state index in [1.165, 1.54) is 5.38 Å². The Morgan fingerprint density at radius 3 is 2.74 bits per heavy atom. The number of aromatic amines is 1. The Kier molecular flexibility index (Phi) is 5.77. The molecule has 0 aliphatic carbocycles. The van der Waals surface area contributed by atoms with E-state index in [2.05, 4.69) is 15.3 Å². The third-order valence-electron chi connectivity index (χ3n) is 3.44. The summed E-state index contributed by atoms with van der Waals surface area (Å²) >= 11 is 2.14. The maximum Gasteiger partial charge on any atom is 0.337 e. The molecule has 3 aromatic rings. The van der Waals surface area contributed by atoms with Crippen molar-refractivity contribution in [1.82, 2.24) is 9.97 Å². The zero-order chi connectivity index (χ0) is 19.4. The largest absolute Gasteiger partial charge is 0.494 e. The van der Waals surface area contributed by atoms with Crippen LogP contribution < -0.4 is 15.6 Å². The first kappa shape index (κ1) is 18.9. The number of aromatic carboxylic acids is 1. The number of rotatable bonds is 7. The summed E-state index contributed by atoms with van der Waals surface area (Å²) in [6, 6.07) is 6.99. The number of amides is 1. The molecule has 1 amide bonds. The third-order valence-corrected chi connectivity index (χ3v) is 5.19. The van der Waals surface area contributed by atoms with Gasteiger partial charge < -0.3 is 20.1 Å². The van der Waals surface area contributed by atoms with E-state index in [-0.39, 0.29) is 27.8 Å². The van der Waals surface area contributed by atoms with Crippen LogP contribution in [0.5, 0.6) is 5.75 Å². The number of ether oxygens (including phenoxy) is 1. The molecule has 10 heteroatoms. The number of thioether (sulfide) groups is 1. The first-order valence-electron chi connectivity index (χ1n) is 7.88. The van der Waals surface area contributed by atoms with Gasteiger partial charge in [0, 0.05) is 11.1 Å². The second-order valence-electron chi connectivity index (χ2n) is 5.30. The number of fused-ring (bicyclic) bond motifs is 1. The van der Waals surface area contributed by atoms with Crippen molar-refractivity contribution in [3.63, 3.8) is 0 Å². The zero-order valence-electron chi connectivity index (χ0n) is 14.1. The number of carboxylic acid groups (broad SMARTS) is 1. The summed E-state index contributed by atoms with van der Waals surface area (Å²) in [5.74, 6) is -0.677. The van der Waals surface area contributed by atoms with Gasteiger partial charge >= 0.3 is 5.97 Å². The van der Waals surface area contributed by atoms with Crippen LogP contribution in [0.3, 0.4) is 0 Å². The van der Waals surface area contributed by atoms with E-state index in [4.69, 9.17) is 9.84 Å². The molecular weight excluding hydrogens is 390 g/mol. The lowest BCUT2D eigenvalue weighted by molar-refractivity contribution is -0.113. The number of carbonyl (C=O) groups is 2. The van der Waals surface area contributed by atoms with Crippen molar-refractivity contribution in [2.75, 3.05) is 17.7 Å². The third kappa shape index (κ3) is 4.47. The predicted molar refractivity (Wildman–Crippen MR) is 104 cm³/mol. The minimum atomic E-state index is -1.18. The lowest BCUT2D eigenvalue weighted by Crippen LogP contribution is -2.15. The van der Waals surface area contributed by atoms with E-state index < -0.39 is 11.5 Å². The lowest BCUT2D eigenvalue weighted by Gasteiger charge is -2.07. The van der Waals surface area contributed by atoms with E-state index in [9.17, 15) is 14.4 Å². The van der Waals surface area contributed by atoms with Crippen LogP contribution in [0.2, 0.25) is 0 Å². The van der Waals surface area contributed by atoms with Crippen molar-refractivity contribution in [3.8, 4) is 5.75 Å². The van der Waals surface area contributed by atoms with E-state index in [0.29, 0.717) is 17.1 Å². The maximum atomic E-state index is 12.1. The molecule has 0 spiro atoms. The van der Waals surface area contributed by atoms with Gasteiger partial charge in [-0.3, -0.25) is 9.59 Å². The summed E-state index contributed by atoms with van der Waals surface area (Å²) in [5.41, 5.74) is 0.0203. The van der Waals surface area contributed by atoms with Gasteiger partial charge in [-0.2, -0.15) is 0 Å². The van der Waals surface area contributed by atoms with Crippen LogP contribution in [0.4, 0.5) is 5.69 Å². The van der Waals surface area contributed by atoms with Gasteiger partial charge in [-0.1, -0.05) is 11.8 Å². The number of thiophene rings is 1. The number of carboxylic acids is 1. The molecule has 0 saturated carbocycles. The minimum absolute atomic E-state index is 0.0405. The summed E-state index contributed by atoms with van der Waals surface area (Å²) in [5, 5.41) is 13.5. The summed E-state index contributed by atoms with van der Waals surface area (Å²) in [7, 11) is 0. The van der Waals surface area contributed by atoms with Crippen molar-refractivity contribution in [2.24, 2.45) is 0 Å². The zero-order valence-corrected chi connectivity index (χ0v) is 15.8. The Labute approximate surface area is 161 Å². The first-order valence-corrected chi connectivity index (χ1v) is 9.74. The van der Waals surface area contributed by atoms with Gasteiger partial charge in [0.2, 0.25) is 5.91 Å². The fourth-order valence-electron chi connectivity index (χ4n) is 2.29. The Bertz CT molecular complexity index is 1040. The fraction of sp³-hybridized carbons (Fsp3) is 0.176. The quantitative estimate of drug-likeness (QED) is 0.408. The molecule has 140 valence electrons. The molecule has 0 radical (unpaired) electrons. The van der Waals surface area contributed by atoms with E-state index in [1.807, 2.05) is 6.92 Å². The van der Waals surface area contributed by atoms with Crippen LogP contribution >= 0.6 is 23.1 Å². The number of carbonyl (C=O) groups excluding carboxylic acids is 1. The van der Waals surface area contributed by atoms with Crippen LogP contribution in [-0.4, -0.2) is 39.3 Å². The summed E-state index contributed by atoms with van der Waals surface area (Å²) in [6.07, 6.45) is 0. The SMILES string of the molecule is CCOc1ccc(NC(=O)CSc2nc3scc(C(=O)O)c3c(=O)[nH]2)cc1. The highest BCUT2D eigenvalue weighted by Crippen LogP contribution is 2.23. The molecule has 3 N–H and O–H groups in total. The predicted octanol–water partition coefficient (Wildman–Crippen LogP) is 2.81. The maximum absolute atomic E-state index is 12.1. The van der Waals surface area contributed by atoms with Crippen LogP contribution in [0.1, 0.15) is 17.3 Å². The molecule has 2 aromatic heterocycles. The van der Waals surface area contributed by atoms with Gasteiger partial charge in [-0.25, -0.2) is 9.78 Å². The van der Waals surface area contributed by atoms with Crippen molar-refractivity contribution in [2.45, 2.75) is 12.1 Å². The molecule has 1 aromatic carbocycles. The van der Waals surface area contributed by atoms with Gasteiger partial charge in [0.1, 0.15) is 10.6 Å². The average Bonchev–Trinajstić information content (AvgIpc) is 3.07. The molecule has 8 nitrogen and oxygen atoms in total. The van der Waals surface area contributed by atoms with Gasteiger partial charge in [0.25, 0.3) is 5.56 Å². The first-order chi connectivity index (χ1) is 13.0. The molecule has 0 aliphatic rings. The average molecular weight is 405 g/mol. The van der Waals surface area contributed by atoms with Crippen molar-refractivity contribution in [3.05, 3.63) is 45.6 Å². The molecule has 0 unspecified atom stereocenters. The number of hydrogen-bond donors (Lipinski definition) is 3. The summed E-state index contributed by atoms with van der Waals surface area (Å²) in [4.78, 5) is 42.4. The van der Waals surface area contributed by atoms with Crippen LogP contribution in [-0.2, 0) is 4.79 Å². The number of H-pyrrole nitrogens is 1. The topological polar surface area (TPSA) is 121 Å². The number of benzene rings is 1. The molecule has 27 heavy (non-hydrogen) atoms. The number of nitrogens with one attached hydrogen (secondary N) is 2. The second-order valence-corrected chi connectivity index (χ2v) is 7.12. The molecule has 0 saturated heterocycles. The molecule has 0 atom stereocenters. The van der Waals surface area contributed by atoms with E-state index in [0.717, 1.165) is 28.8 Å². The standard InChI is InChI=1S/C17H15N3O5S2/c1-2-25-10-5-3-9(4-6-10)18-12(21)8-27-17-19-14(22)13-11(16(23)24)7-26-15(13)20-17/h3-7H,2,8H2,1H3,(H,18,21)(H,23,24)(H,19,20,22). The number of nitrogens with zero attached hydrogens (tertiary/aromatic N) is 1. The normalized spacial score (nSPS) is 10.7. The van der Waals surface area contributed by atoms with Crippen molar-refractivity contribution >= 4 is 50.9 Å². The van der Waals surface area contributed by atoms with Crippen LogP contribution in [0, 0.1) is 0 Å². The molecular formula is C17H15N3O5S2. The number of anilines is 1. The fourth-order valence-corrected chi connectivity index (χ4v) is 3.92. The summed E-state index contributed by atoms with van der Waals surface area (Å²) in [6.45, 7) is 2.46. The molecule has 2 heterocycles. The van der Waals surface area contributed by atoms with Gasteiger partial charge in [0.15, 0.2) is 5.16 Å². The number of hydrogen-bond acceptors (Lipinski definition) is 7. The Morgan fingerprint density at radius 2 is 2.07 bits per heavy atom. The van der Waals surface area contributed by atoms with Crippen molar-refractivity contribution in [1.29, 1.82) is 0 Å². The Balaban J connectivity index is 1.65. The van der Waals surface area contributed by atoms with Gasteiger partial charge in [-0.05, 0) is 31.2 Å². The molecule has 3 rings (SSSR count). The highest BCUT2D eigenvalue weighted by molar-refractivity contribution is 7.99. The van der Waals surface area contributed by atoms with Gasteiger partial charge in [-0.15, -0.1) is 11.3 Å². The molecule has 0 aliphatic heterocycles. The van der Waals surface area contributed by atoms with Gasteiger partial charge in [0.05, 0.1) is 23.3 Å². The molecule has 0 bridgehead atoms. The van der Waals surface area contributed by atoms with E-state index >= 15 is 0 Å². The summed E-state index contributed by atoms with van der Waals surface area (Å²) < 4.78 is 5.34. The lowest BCUT2D eigenvalue weighted by atomic mass is 10.2. The number of aromatic nitrogens is 2. The second kappa shape index (κ2) is 8.23.